The van der Waals surface area contributed by atoms with Crippen molar-refractivity contribution in [3.8, 4) is 5.75 Å². The van der Waals surface area contributed by atoms with Crippen LogP contribution in [-0.2, 0) is 15.2 Å². The van der Waals surface area contributed by atoms with Crippen molar-refractivity contribution in [3.05, 3.63) is 138 Å². The highest BCUT2D eigenvalue weighted by Crippen LogP contribution is 2.41. The molecular formula is C31H25N3O4S. The van der Waals surface area contributed by atoms with E-state index in [1.807, 2.05) is 78.9 Å². The van der Waals surface area contributed by atoms with E-state index in [2.05, 4.69) is 51.9 Å². The topological polar surface area (TPSA) is 100 Å². The van der Waals surface area contributed by atoms with E-state index in [9.17, 15) is 9.59 Å². The minimum absolute atomic E-state index is 0.267. The molecule has 1 fully saturated rings. The third-order valence-corrected chi connectivity index (χ3v) is 7.26. The summed E-state index contributed by atoms with van der Waals surface area (Å²) in [6.45, 7) is 0. The van der Waals surface area contributed by atoms with E-state index < -0.39 is 16.8 Å². The molecule has 0 aliphatic carbocycles. The lowest BCUT2D eigenvalue weighted by Gasteiger charge is -2.36. The van der Waals surface area contributed by atoms with Crippen LogP contribution in [0.15, 0.2) is 125 Å². The van der Waals surface area contributed by atoms with Gasteiger partial charge >= 0.3 is 5.97 Å². The number of nitrogens with zero attached hydrogens (tertiary/aromatic N) is 2. The molecule has 1 aliphatic heterocycles. The first-order chi connectivity index (χ1) is 19.0. The molecule has 1 amide bonds. The number of benzene rings is 4. The zero-order valence-corrected chi connectivity index (χ0v) is 21.6. The molecule has 0 saturated carbocycles. The lowest BCUT2D eigenvalue weighted by Crippen LogP contribution is -2.36. The van der Waals surface area contributed by atoms with Crippen LogP contribution >= 0.6 is 11.8 Å². The van der Waals surface area contributed by atoms with Crippen LogP contribution in [0.5, 0.6) is 5.75 Å². The Bertz CT molecular complexity index is 1390. The van der Waals surface area contributed by atoms with Gasteiger partial charge in [0.05, 0.1) is 12.6 Å². The Balaban J connectivity index is 1.42. The van der Waals surface area contributed by atoms with Crippen molar-refractivity contribution in [2.45, 2.75) is 17.3 Å². The van der Waals surface area contributed by atoms with Crippen LogP contribution in [0, 0.1) is 0 Å². The molecule has 1 saturated heterocycles. The number of hydrogen-bond acceptors (Lipinski definition) is 6. The quantitative estimate of drug-likeness (QED) is 0.169. The number of thioether (sulfide) groups is 1. The predicted octanol–water partition coefficient (Wildman–Crippen LogP) is 5.45. The third-order valence-electron chi connectivity index (χ3n) is 6.18. The van der Waals surface area contributed by atoms with Crippen molar-refractivity contribution in [2.75, 3.05) is 0 Å². The Morgan fingerprint density at radius 2 is 1.36 bits per heavy atom. The van der Waals surface area contributed by atoms with Crippen molar-refractivity contribution < 1.29 is 19.4 Å². The van der Waals surface area contributed by atoms with Crippen molar-refractivity contribution in [2.24, 2.45) is 10.2 Å². The molecule has 4 aromatic rings. The van der Waals surface area contributed by atoms with Gasteiger partial charge in [0.15, 0.2) is 10.8 Å². The highest BCUT2D eigenvalue weighted by atomic mass is 32.2. The van der Waals surface area contributed by atoms with E-state index in [1.54, 1.807) is 6.21 Å². The predicted molar refractivity (Wildman–Crippen MR) is 153 cm³/mol. The van der Waals surface area contributed by atoms with Crippen LogP contribution in [0.1, 0.15) is 28.7 Å². The molecule has 1 heterocycles. The van der Waals surface area contributed by atoms with Crippen LogP contribution in [0.4, 0.5) is 0 Å². The monoisotopic (exact) mass is 535 g/mol. The smallest absolute Gasteiger partial charge is 0.305 e. The Morgan fingerprint density at radius 3 is 1.85 bits per heavy atom. The highest BCUT2D eigenvalue weighted by molar-refractivity contribution is 8.15. The Kier molecular flexibility index (Phi) is 7.84. The van der Waals surface area contributed by atoms with E-state index in [-0.39, 0.29) is 17.5 Å². The molecule has 1 unspecified atom stereocenters. The van der Waals surface area contributed by atoms with Gasteiger partial charge < -0.3 is 15.2 Å². The van der Waals surface area contributed by atoms with Gasteiger partial charge in [-0.25, -0.2) is 0 Å². The molecule has 0 aromatic heterocycles. The molecule has 5 rings (SSSR count). The molecule has 8 heteroatoms. The first-order valence-corrected chi connectivity index (χ1v) is 13.2. The van der Waals surface area contributed by atoms with Gasteiger partial charge in [-0.05, 0) is 29.8 Å². The highest BCUT2D eigenvalue weighted by Gasteiger charge is 2.39. The summed E-state index contributed by atoms with van der Waals surface area (Å²) < 4.78 is 6.89. The molecular weight excluding hydrogens is 510 g/mol. The van der Waals surface area contributed by atoms with E-state index in [1.165, 1.54) is 0 Å². The lowest BCUT2D eigenvalue weighted by atomic mass is 9.80. The summed E-state index contributed by atoms with van der Waals surface area (Å²) in [5, 5.41) is 19.1. The average Bonchev–Trinajstić information content (AvgIpc) is 3.31. The van der Waals surface area contributed by atoms with Crippen LogP contribution in [0.2, 0.25) is 0 Å². The fourth-order valence-electron chi connectivity index (χ4n) is 4.39. The average molecular weight is 536 g/mol. The summed E-state index contributed by atoms with van der Waals surface area (Å²) >= 11 is 1.06. The Labute approximate surface area is 230 Å². The molecule has 2 N–H and O–H groups in total. The maximum atomic E-state index is 11.9. The molecule has 4 aromatic carbocycles. The number of carboxylic acid groups (broad SMARTS) is 1. The Hall–Kier alpha value is -4.69. The summed E-state index contributed by atoms with van der Waals surface area (Å²) in [6, 6.07) is 38.0. The maximum Gasteiger partial charge on any atom is 0.305 e. The number of carboxylic acids is 1. The molecule has 1 atom stereocenters. The molecule has 7 nitrogen and oxygen atoms in total. The van der Waals surface area contributed by atoms with Crippen molar-refractivity contribution in [3.63, 3.8) is 0 Å². The fraction of sp³-hybridized carbons (Fsp3) is 0.0968. The number of nitrogens with one attached hydrogen (secondary N) is 1. The number of carbonyl (C=O) groups excluding carboxylic acids is 1. The summed E-state index contributed by atoms with van der Waals surface area (Å²) in [5.41, 5.74) is 2.91. The van der Waals surface area contributed by atoms with E-state index >= 15 is 0 Å². The van der Waals surface area contributed by atoms with Crippen molar-refractivity contribution in [1.29, 1.82) is 0 Å². The number of aliphatic carboxylic acids is 1. The first-order valence-electron chi connectivity index (χ1n) is 12.3. The fourth-order valence-corrected chi connectivity index (χ4v) is 5.30. The minimum atomic E-state index is -1.04. The lowest BCUT2D eigenvalue weighted by molar-refractivity contribution is -0.138. The van der Waals surface area contributed by atoms with Gasteiger partial charge in [-0.3, -0.25) is 9.59 Å². The third kappa shape index (κ3) is 5.91. The van der Waals surface area contributed by atoms with E-state index in [0.29, 0.717) is 5.75 Å². The van der Waals surface area contributed by atoms with Gasteiger partial charge in [0, 0.05) is 16.7 Å². The zero-order valence-electron chi connectivity index (χ0n) is 20.8. The first kappa shape index (κ1) is 25.9. The molecule has 194 valence electrons. The molecule has 0 radical (unpaired) electrons. The normalized spacial score (nSPS) is 16.4. The number of rotatable bonds is 9. The van der Waals surface area contributed by atoms with E-state index in [4.69, 9.17) is 9.84 Å². The number of ether oxygens (including phenoxy) is 1. The summed E-state index contributed by atoms with van der Waals surface area (Å²) in [4.78, 5) is 22.8. The number of hydrogen-bond donors (Lipinski definition) is 2. The summed E-state index contributed by atoms with van der Waals surface area (Å²) in [6.07, 6.45) is 1.30. The number of amides is 1. The SMILES string of the molecule is O=C(O)CC1SC(=NN=Cc2ccc(OC(c3ccccc3)(c3ccccc3)c3ccccc3)cc2)NC1=O. The standard InChI is InChI=1S/C31H25N3O4S/c35-28(36)20-27-29(37)33-30(39-27)34-32-21-22-16-18-26(19-17-22)38-31(23-10-4-1-5-11-23,24-12-6-2-7-13-24)25-14-8-3-9-15-25/h1-19,21,27H,20H2,(H,35,36)(H,33,34,37). The largest absolute Gasteiger partial charge is 0.481 e. The maximum absolute atomic E-state index is 11.9. The van der Waals surface area contributed by atoms with Gasteiger partial charge in [-0.2, -0.15) is 5.10 Å². The van der Waals surface area contributed by atoms with Crippen LogP contribution in [0.25, 0.3) is 0 Å². The van der Waals surface area contributed by atoms with Crippen LogP contribution in [0.3, 0.4) is 0 Å². The van der Waals surface area contributed by atoms with Gasteiger partial charge in [0.1, 0.15) is 11.0 Å². The minimum Gasteiger partial charge on any atom is -0.481 e. The molecule has 0 spiro atoms. The van der Waals surface area contributed by atoms with E-state index in [0.717, 1.165) is 34.0 Å². The van der Waals surface area contributed by atoms with Crippen molar-refractivity contribution >= 4 is 35.0 Å². The molecule has 1 aliphatic rings. The van der Waals surface area contributed by atoms with Crippen LogP contribution in [-0.4, -0.2) is 33.6 Å². The van der Waals surface area contributed by atoms with Gasteiger partial charge in [-0.1, -0.05) is 103 Å². The second-order valence-corrected chi connectivity index (χ2v) is 9.99. The second-order valence-electron chi connectivity index (χ2n) is 8.79. The summed E-state index contributed by atoms with van der Waals surface area (Å²) in [7, 11) is 0. The zero-order chi connectivity index (χ0) is 27.1. The second kappa shape index (κ2) is 11.8. The summed E-state index contributed by atoms with van der Waals surface area (Å²) in [5.74, 6) is -0.743. The van der Waals surface area contributed by atoms with Crippen molar-refractivity contribution in [1.82, 2.24) is 5.32 Å². The number of carbonyl (C=O) groups is 2. The Morgan fingerprint density at radius 1 is 0.846 bits per heavy atom. The number of amidine groups is 1. The molecule has 0 bridgehead atoms. The van der Waals surface area contributed by atoms with Gasteiger partial charge in [0.2, 0.25) is 5.91 Å². The van der Waals surface area contributed by atoms with Crippen LogP contribution < -0.4 is 10.1 Å². The van der Waals surface area contributed by atoms with Gasteiger partial charge in [-0.15, -0.1) is 5.10 Å². The van der Waals surface area contributed by atoms with Gasteiger partial charge in [0.25, 0.3) is 0 Å². The molecule has 39 heavy (non-hydrogen) atoms.